The predicted molar refractivity (Wildman–Crippen MR) is 250 cm³/mol. The number of nitrogens with zero attached hydrogens (tertiary/aromatic N) is 1. The molecular weight excluding hydrogens is 687 g/mol. The van der Waals surface area contributed by atoms with E-state index in [9.17, 15) is 0 Å². The number of rotatable bonds is 11. The zero-order valence-corrected chi connectivity index (χ0v) is 35.7. The van der Waals surface area contributed by atoms with Gasteiger partial charge in [0.25, 0.3) is 0 Å². The molecule has 6 rings (SSSR count). The zero-order chi connectivity index (χ0) is 40.7. The van der Waals surface area contributed by atoms with Gasteiger partial charge in [-0.15, -0.1) is 0 Å². The maximum Gasteiger partial charge on any atom is 0.0520 e. The summed E-state index contributed by atoms with van der Waals surface area (Å²) >= 11 is 0. The second kappa shape index (κ2) is 17.9. The van der Waals surface area contributed by atoms with E-state index in [1.807, 2.05) is 0 Å². The number of hydrogen-bond donors (Lipinski definition) is 0. The molecule has 0 bridgehead atoms. The molecular formula is C56H59N. The number of anilines is 3. The highest BCUT2D eigenvalue weighted by Crippen LogP contribution is 2.40. The van der Waals surface area contributed by atoms with Crippen LogP contribution in [0.15, 0.2) is 169 Å². The molecule has 6 aromatic rings. The fourth-order valence-corrected chi connectivity index (χ4v) is 7.39. The highest BCUT2D eigenvalue weighted by atomic mass is 15.1. The Kier molecular flexibility index (Phi) is 12.8. The molecule has 6 aromatic carbocycles. The second-order valence-electron chi connectivity index (χ2n) is 16.7. The van der Waals surface area contributed by atoms with Crippen LogP contribution in [-0.4, -0.2) is 0 Å². The topological polar surface area (TPSA) is 3.24 Å². The SMILES string of the molecule is C/C(=C/C=C(C)/C(=C/Cc1ccc(N(c2ccc(/C=C(\c3ccccc3)c3ccc(C)c(C)c3)cc2)c2c(C)cc(C)cc2C)cc1)c1ccccc1)C(C)(C)C. The second-order valence-corrected chi connectivity index (χ2v) is 16.7. The Bertz CT molecular complexity index is 2410. The molecule has 0 atom stereocenters. The lowest BCUT2D eigenvalue weighted by molar-refractivity contribution is 0.504. The van der Waals surface area contributed by atoms with E-state index in [2.05, 4.69) is 238 Å². The first kappa shape index (κ1) is 40.7. The van der Waals surface area contributed by atoms with Crippen LogP contribution in [0.2, 0.25) is 0 Å². The van der Waals surface area contributed by atoms with Crippen LogP contribution in [-0.2, 0) is 6.42 Å². The molecule has 0 radical (unpaired) electrons. The summed E-state index contributed by atoms with van der Waals surface area (Å²) in [6, 6.07) is 51.0. The first-order valence-electron chi connectivity index (χ1n) is 20.3. The van der Waals surface area contributed by atoms with Crippen LogP contribution in [0.3, 0.4) is 0 Å². The number of hydrogen-bond acceptors (Lipinski definition) is 1. The van der Waals surface area contributed by atoms with Crippen molar-refractivity contribution >= 4 is 34.3 Å². The first-order chi connectivity index (χ1) is 27.3. The van der Waals surface area contributed by atoms with Gasteiger partial charge in [-0.2, -0.15) is 0 Å². The van der Waals surface area contributed by atoms with E-state index in [-0.39, 0.29) is 5.41 Å². The highest BCUT2D eigenvalue weighted by Gasteiger charge is 2.18. The van der Waals surface area contributed by atoms with Gasteiger partial charge in [0.1, 0.15) is 0 Å². The number of aryl methyl sites for hydroxylation is 5. The minimum absolute atomic E-state index is 0.143. The molecule has 0 heterocycles. The summed E-state index contributed by atoms with van der Waals surface area (Å²) in [5.74, 6) is 0. The van der Waals surface area contributed by atoms with Gasteiger partial charge < -0.3 is 4.90 Å². The fourth-order valence-electron chi connectivity index (χ4n) is 7.39. The molecule has 0 unspecified atom stereocenters. The van der Waals surface area contributed by atoms with Crippen LogP contribution in [0.4, 0.5) is 17.1 Å². The summed E-state index contributed by atoms with van der Waals surface area (Å²) in [6.45, 7) is 22.3. The molecule has 0 aliphatic heterocycles. The van der Waals surface area contributed by atoms with Crippen molar-refractivity contribution in [3.05, 3.63) is 225 Å². The summed E-state index contributed by atoms with van der Waals surface area (Å²) in [6.07, 6.45) is 10.1. The Hall–Kier alpha value is -5.92. The van der Waals surface area contributed by atoms with E-state index < -0.39 is 0 Å². The lowest BCUT2D eigenvalue weighted by Crippen LogP contribution is -2.13. The summed E-state index contributed by atoms with van der Waals surface area (Å²) in [7, 11) is 0. The van der Waals surface area contributed by atoms with Crippen molar-refractivity contribution in [1.29, 1.82) is 0 Å². The average Bonchev–Trinajstić information content (AvgIpc) is 3.19. The van der Waals surface area contributed by atoms with Crippen LogP contribution >= 0.6 is 0 Å². The van der Waals surface area contributed by atoms with Crippen LogP contribution < -0.4 is 4.90 Å². The molecule has 0 aliphatic carbocycles. The summed E-state index contributed by atoms with van der Waals surface area (Å²) in [4.78, 5) is 2.42. The number of allylic oxidation sites excluding steroid dienone is 6. The highest BCUT2D eigenvalue weighted by molar-refractivity contribution is 5.92. The average molecular weight is 746 g/mol. The van der Waals surface area contributed by atoms with Gasteiger partial charge in [0.05, 0.1) is 5.69 Å². The third-order valence-electron chi connectivity index (χ3n) is 11.2. The number of benzene rings is 6. The van der Waals surface area contributed by atoms with Crippen LogP contribution in [0.25, 0.3) is 17.2 Å². The van der Waals surface area contributed by atoms with E-state index >= 15 is 0 Å². The lowest BCUT2D eigenvalue weighted by atomic mass is 9.87. The smallest absolute Gasteiger partial charge is 0.0520 e. The maximum atomic E-state index is 2.42. The standard InChI is InChI=1S/C56H59N/c1-39-35-43(5)55(44(6)36-39)57(52-32-26-47(27-33-52)38-54(49-19-15-12-16-20-49)50-29-22-40(2)42(4)37-50)51-30-24-46(25-31-51)28-34-53(48-17-13-11-14-18-48)41(3)21-23-45(7)56(8,9)10/h11-27,29-38H,28H2,1-10H3/b41-21+,45-23-,53-34-,54-38+. The molecule has 0 fully saturated rings. The Morgan fingerprint density at radius 3 is 1.67 bits per heavy atom. The fraction of sp³-hybridized carbons (Fsp3) is 0.214. The molecule has 288 valence electrons. The monoisotopic (exact) mass is 745 g/mol. The third kappa shape index (κ3) is 10.1. The molecule has 0 saturated heterocycles. The van der Waals surface area contributed by atoms with E-state index in [0.717, 1.165) is 23.4 Å². The Morgan fingerprint density at radius 1 is 0.544 bits per heavy atom. The predicted octanol–water partition coefficient (Wildman–Crippen LogP) is 15.9. The van der Waals surface area contributed by atoms with Gasteiger partial charge in [-0.25, -0.2) is 0 Å². The molecule has 0 aliphatic rings. The molecule has 57 heavy (non-hydrogen) atoms. The van der Waals surface area contributed by atoms with Gasteiger partial charge in [0.15, 0.2) is 0 Å². The minimum atomic E-state index is 0.143. The maximum absolute atomic E-state index is 2.42. The molecule has 1 heteroatoms. The van der Waals surface area contributed by atoms with E-state index in [4.69, 9.17) is 0 Å². The summed E-state index contributed by atoms with van der Waals surface area (Å²) in [5.41, 5.74) is 21.3. The Labute approximate surface area is 343 Å². The quantitative estimate of drug-likeness (QED) is 0.0943. The lowest BCUT2D eigenvalue weighted by Gasteiger charge is -2.29. The van der Waals surface area contributed by atoms with Crippen molar-refractivity contribution in [3.63, 3.8) is 0 Å². The van der Waals surface area contributed by atoms with Crippen LogP contribution in [0.5, 0.6) is 0 Å². The van der Waals surface area contributed by atoms with Crippen molar-refractivity contribution < 1.29 is 0 Å². The van der Waals surface area contributed by atoms with Gasteiger partial charge in [-0.3, -0.25) is 0 Å². The molecule has 0 aromatic heterocycles. The normalized spacial score (nSPS) is 12.9. The Morgan fingerprint density at radius 2 is 1.11 bits per heavy atom. The molecule has 0 N–H and O–H groups in total. The van der Waals surface area contributed by atoms with Crippen LogP contribution in [0, 0.1) is 40.0 Å². The van der Waals surface area contributed by atoms with Crippen molar-refractivity contribution in [2.45, 2.75) is 75.7 Å². The van der Waals surface area contributed by atoms with Gasteiger partial charge in [0, 0.05) is 11.4 Å². The van der Waals surface area contributed by atoms with Crippen LogP contribution in [0.1, 0.15) is 90.3 Å². The van der Waals surface area contributed by atoms with Crippen molar-refractivity contribution in [1.82, 2.24) is 0 Å². The van der Waals surface area contributed by atoms with Gasteiger partial charge >= 0.3 is 0 Å². The van der Waals surface area contributed by atoms with Crippen molar-refractivity contribution in [2.75, 3.05) is 4.90 Å². The largest absolute Gasteiger partial charge is 0.310 e. The Balaban J connectivity index is 1.36. The van der Waals surface area contributed by atoms with Crippen molar-refractivity contribution in [3.8, 4) is 0 Å². The third-order valence-corrected chi connectivity index (χ3v) is 11.2. The molecule has 0 spiro atoms. The van der Waals surface area contributed by atoms with Gasteiger partial charge in [-0.05, 0) is 157 Å². The van der Waals surface area contributed by atoms with E-state index in [1.54, 1.807) is 0 Å². The van der Waals surface area contributed by atoms with Gasteiger partial charge in [-0.1, -0.05) is 165 Å². The van der Waals surface area contributed by atoms with Gasteiger partial charge in [0.2, 0.25) is 0 Å². The molecule has 0 saturated carbocycles. The van der Waals surface area contributed by atoms with Crippen molar-refractivity contribution in [2.24, 2.45) is 5.41 Å². The minimum Gasteiger partial charge on any atom is -0.310 e. The van der Waals surface area contributed by atoms with E-state index in [0.29, 0.717) is 0 Å². The van der Waals surface area contributed by atoms with E-state index in [1.165, 1.54) is 78.1 Å². The zero-order valence-electron chi connectivity index (χ0n) is 35.7. The summed E-state index contributed by atoms with van der Waals surface area (Å²) < 4.78 is 0. The summed E-state index contributed by atoms with van der Waals surface area (Å²) in [5, 5.41) is 0. The molecule has 1 nitrogen and oxygen atoms in total. The molecule has 0 amide bonds. The first-order valence-corrected chi connectivity index (χ1v) is 20.3.